The third-order valence-corrected chi connectivity index (χ3v) is 6.62. The van der Waals surface area contributed by atoms with Gasteiger partial charge in [0, 0.05) is 22.3 Å². The maximum absolute atomic E-state index is 5.00. The fraction of sp³-hybridized carbons (Fsp3) is 0. The molecule has 0 aliphatic carbocycles. The van der Waals surface area contributed by atoms with Crippen molar-refractivity contribution in [2.24, 2.45) is 0 Å². The molecule has 0 bridgehead atoms. The third-order valence-electron chi connectivity index (χ3n) is 5.55. The second-order valence-corrected chi connectivity index (χ2v) is 8.76. The second kappa shape index (κ2) is 8.41. The van der Waals surface area contributed by atoms with Crippen LogP contribution in [0.15, 0.2) is 115 Å². The van der Waals surface area contributed by atoms with Crippen LogP contribution in [-0.2, 0) is 0 Å². The molecule has 0 atom stereocenters. The fourth-order valence-electron chi connectivity index (χ4n) is 3.91. The lowest BCUT2D eigenvalue weighted by Crippen LogP contribution is -1.96. The largest absolute Gasteiger partial charge is 0.235 e. The predicted octanol–water partition coefficient (Wildman–Crippen LogP) is 7.75. The second-order valence-electron chi connectivity index (χ2n) is 7.73. The van der Waals surface area contributed by atoms with E-state index in [1.54, 1.807) is 11.3 Å². The van der Waals surface area contributed by atoms with E-state index in [-0.39, 0.29) is 0 Å². The Balaban J connectivity index is 1.56. The van der Waals surface area contributed by atoms with Gasteiger partial charge in [0.05, 0.1) is 21.6 Å². The molecule has 4 heteroatoms. The molecule has 0 radical (unpaired) electrons. The van der Waals surface area contributed by atoms with Crippen molar-refractivity contribution in [1.29, 1.82) is 0 Å². The summed E-state index contributed by atoms with van der Waals surface area (Å²) in [5, 5.41) is 1.00. The summed E-state index contributed by atoms with van der Waals surface area (Å²) >= 11 is 1.69. The van der Waals surface area contributed by atoms with Crippen LogP contribution in [0.5, 0.6) is 0 Å². The van der Waals surface area contributed by atoms with E-state index in [2.05, 4.69) is 60.7 Å². The maximum Gasteiger partial charge on any atom is 0.162 e. The number of rotatable bonds is 4. The van der Waals surface area contributed by atoms with Gasteiger partial charge in [-0.2, -0.15) is 0 Å². The van der Waals surface area contributed by atoms with Crippen molar-refractivity contribution < 1.29 is 0 Å². The van der Waals surface area contributed by atoms with E-state index in [0.717, 1.165) is 48.9 Å². The van der Waals surface area contributed by atoms with E-state index < -0.39 is 0 Å². The summed E-state index contributed by atoms with van der Waals surface area (Å²) in [4.78, 5) is 15.0. The topological polar surface area (TPSA) is 38.7 Å². The standard InChI is InChI=1S/C29H19N3S/c1-4-11-20(12-5-1)24-19-25(21-13-6-2-7-14-21)31-28(30-24)23-17-10-18-26-27(23)32-29(33-26)22-15-8-3-9-16-22/h1-19H. The van der Waals surface area contributed by atoms with Gasteiger partial charge in [-0.3, -0.25) is 0 Å². The van der Waals surface area contributed by atoms with Gasteiger partial charge in [0.15, 0.2) is 5.82 Å². The Morgan fingerprint density at radius 3 is 1.61 bits per heavy atom. The van der Waals surface area contributed by atoms with Crippen LogP contribution in [-0.4, -0.2) is 15.0 Å². The monoisotopic (exact) mass is 441 g/mol. The Morgan fingerprint density at radius 1 is 0.485 bits per heavy atom. The Kier molecular flexibility index (Phi) is 4.98. The maximum atomic E-state index is 5.00. The van der Waals surface area contributed by atoms with Crippen LogP contribution < -0.4 is 0 Å². The molecule has 0 aliphatic rings. The molecular weight excluding hydrogens is 422 g/mol. The van der Waals surface area contributed by atoms with Gasteiger partial charge in [0.1, 0.15) is 5.01 Å². The molecule has 2 aromatic heterocycles. The van der Waals surface area contributed by atoms with Crippen LogP contribution in [0.2, 0.25) is 0 Å². The quantitative estimate of drug-likeness (QED) is 0.281. The van der Waals surface area contributed by atoms with Crippen LogP contribution in [0.3, 0.4) is 0 Å². The van der Waals surface area contributed by atoms with Crippen LogP contribution in [0.1, 0.15) is 0 Å². The Hall–Kier alpha value is -4.15. The summed E-state index contributed by atoms with van der Waals surface area (Å²) < 4.78 is 1.13. The zero-order valence-corrected chi connectivity index (χ0v) is 18.5. The van der Waals surface area contributed by atoms with Crippen LogP contribution in [0.25, 0.3) is 54.7 Å². The number of fused-ring (bicyclic) bond motifs is 1. The highest BCUT2D eigenvalue weighted by atomic mass is 32.1. The number of hydrogen-bond donors (Lipinski definition) is 0. The molecule has 0 fully saturated rings. The molecule has 156 valence electrons. The molecule has 4 aromatic carbocycles. The number of para-hydroxylation sites is 1. The summed E-state index contributed by atoms with van der Waals surface area (Å²) in [6.45, 7) is 0. The smallest absolute Gasteiger partial charge is 0.162 e. The van der Waals surface area contributed by atoms with Crippen molar-refractivity contribution in [2.45, 2.75) is 0 Å². The highest BCUT2D eigenvalue weighted by Gasteiger charge is 2.15. The predicted molar refractivity (Wildman–Crippen MR) is 137 cm³/mol. The summed E-state index contributed by atoms with van der Waals surface area (Å²) in [6.07, 6.45) is 0. The van der Waals surface area contributed by atoms with Crippen LogP contribution in [0, 0.1) is 0 Å². The molecule has 0 spiro atoms. The summed E-state index contributed by atoms with van der Waals surface area (Å²) in [7, 11) is 0. The van der Waals surface area contributed by atoms with E-state index in [0.29, 0.717) is 5.82 Å². The highest BCUT2D eigenvalue weighted by molar-refractivity contribution is 7.21. The first-order chi connectivity index (χ1) is 16.3. The molecule has 3 nitrogen and oxygen atoms in total. The van der Waals surface area contributed by atoms with Gasteiger partial charge in [0.2, 0.25) is 0 Å². The molecule has 33 heavy (non-hydrogen) atoms. The Morgan fingerprint density at radius 2 is 1.03 bits per heavy atom. The van der Waals surface area contributed by atoms with E-state index in [1.165, 1.54) is 0 Å². The van der Waals surface area contributed by atoms with Gasteiger partial charge in [0.25, 0.3) is 0 Å². The molecule has 0 saturated heterocycles. The van der Waals surface area contributed by atoms with Crippen LogP contribution in [0.4, 0.5) is 0 Å². The number of hydrogen-bond acceptors (Lipinski definition) is 4. The van der Waals surface area contributed by atoms with Gasteiger partial charge < -0.3 is 0 Å². The van der Waals surface area contributed by atoms with E-state index in [4.69, 9.17) is 15.0 Å². The van der Waals surface area contributed by atoms with Crippen molar-refractivity contribution in [2.75, 3.05) is 0 Å². The van der Waals surface area contributed by atoms with Crippen molar-refractivity contribution in [3.8, 4) is 44.5 Å². The van der Waals surface area contributed by atoms with Crippen molar-refractivity contribution in [1.82, 2.24) is 15.0 Å². The first-order valence-electron chi connectivity index (χ1n) is 10.8. The van der Waals surface area contributed by atoms with E-state index >= 15 is 0 Å². The Labute approximate surface area is 196 Å². The molecule has 0 saturated carbocycles. The minimum Gasteiger partial charge on any atom is -0.235 e. The van der Waals surface area contributed by atoms with Gasteiger partial charge in [-0.05, 0) is 18.2 Å². The average molecular weight is 442 g/mol. The molecule has 6 aromatic rings. The molecule has 2 heterocycles. The van der Waals surface area contributed by atoms with Gasteiger partial charge >= 0.3 is 0 Å². The molecule has 6 rings (SSSR count). The highest BCUT2D eigenvalue weighted by Crippen LogP contribution is 2.36. The fourth-order valence-corrected chi connectivity index (χ4v) is 4.91. The third kappa shape index (κ3) is 3.81. The number of benzene rings is 4. The lowest BCUT2D eigenvalue weighted by atomic mass is 10.1. The first-order valence-corrected chi connectivity index (χ1v) is 11.6. The van der Waals surface area contributed by atoms with Gasteiger partial charge in [-0.1, -0.05) is 97.1 Å². The van der Waals surface area contributed by atoms with E-state index in [1.807, 2.05) is 54.6 Å². The molecule has 0 unspecified atom stereocenters. The summed E-state index contributed by atoms with van der Waals surface area (Å²) in [6, 6.07) is 39.1. The molecule has 0 N–H and O–H groups in total. The lowest BCUT2D eigenvalue weighted by Gasteiger charge is -2.09. The van der Waals surface area contributed by atoms with Crippen LogP contribution >= 0.6 is 11.3 Å². The summed E-state index contributed by atoms with van der Waals surface area (Å²) in [5.41, 5.74) is 6.92. The van der Waals surface area contributed by atoms with Gasteiger partial charge in [-0.15, -0.1) is 11.3 Å². The summed E-state index contributed by atoms with van der Waals surface area (Å²) in [5.74, 6) is 0.686. The zero-order valence-electron chi connectivity index (χ0n) is 17.7. The SMILES string of the molecule is c1ccc(-c2cc(-c3ccccc3)nc(-c3cccc4sc(-c5ccccc5)nc34)n2)cc1. The normalized spacial score (nSPS) is 11.0. The molecule has 0 amide bonds. The van der Waals surface area contributed by atoms with Gasteiger partial charge in [-0.25, -0.2) is 15.0 Å². The van der Waals surface area contributed by atoms with Crippen molar-refractivity contribution in [3.05, 3.63) is 115 Å². The average Bonchev–Trinajstić information content (AvgIpc) is 3.35. The minimum absolute atomic E-state index is 0.686. The lowest BCUT2D eigenvalue weighted by molar-refractivity contribution is 1.18. The van der Waals surface area contributed by atoms with Crippen molar-refractivity contribution >= 4 is 21.6 Å². The number of aromatic nitrogens is 3. The van der Waals surface area contributed by atoms with Crippen molar-refractivity contribution in [3.63, 3.8) is 0 Å². The number of nitrogens with zero attached hydrogens (tertiary/aromatic N) is 3. The molecule has 0 aliphatic heterocycles. The first kappa shape index (κ1) is 19.5. The molecular formula is C29H19N3S. The van der Waals surface area contributed by atoms with E-state index in [9.17, 15) is 0 Å². The Bertz CT molecular complexity index is 1480. The minimum atomic E-state index is 0.686. The number of thiazole rings is 1. The zero-order chi connectivity index (χ0) is 22.0.